The highest BCUT2D eigenvalue weighted by atomic mass is 32.1. The van der Waals surface area contributed by atoms with E-state index in [1.165, 1.54) is 35.7 Å². The lowest BCUT2D eigenvalue weighted by Gasteiger charge is -2.30. The van der Waals surface area contributed by atoms with Crippen LogP contribution in [0.4, 0.5) is 0 Å². The summed E-state index contributed by atoms with van der Waals surface area (Å²) in [4.78, 5) is 9.55. The second-order valence-corrected chi connectivity index (χ2v) is 7.05. The highest BCUT2D eigenvalue weighted by Crippen LogP contribution is 2.16. The normalized spacial score (nSPS) is 20.5. The van der Waals surface area contributed by atoms with E-state index in [4.69, 9.17) is 0 Å². The van der Waals surface area contributed by atoms with E-state index < -0.39 is 0 Å². The third-order valence-corrected chi connectivity index (χ3v) is 5.23. The summed E-state index contributed by atoms with van der Waals surface area (Å²) in [5, 5.41) is 6.88. The number of hydrogen-bond donors (Lipinski definition) is 2. The quantitative estimate of drug-likeness (QED) is 0.648. The van der Waals surface area contributed by atoms with Crippen LogP contribution in [0, 0.1) is 5.92 Å². The second-order valence-electron chi connectivity index (χ2n) is 5.80. The first-order chi connectivity index (χ1) is 10.2. The molecule has 5 heteroatoms. The van der Waals surface area contributed by atoms with Gasteiger partial charge in [0.25, 0.3) is 0 Å². The molecule has 0 saturated carbocycles. The predicted molar refractivity (Wildman–Crippen MR) is 92.1 cm³/mol. The zero-order valence-corrected chi connectivity index (χ0v) is 14.3. The first kappa shape index (κ1) is 16.3. The largest absolute Gasteiger partial charge is 0.356 e. The zero-order valence-electron chi connectivity index (χ0n) is 13.5. The molecule has 1 saturated heterocycles. The number of nitrogens with zero attached hydrogens (tertiary/aromatic N) is 2. The first-order valence-corrected chi connectivity index (χ1v) is 8.73. The first-order valence-electron chi connectivity index (χ1n) is 7.92. The predicted octanol–water partition coefficient (Wildman–Crippen LogP) is 2.32. The van der Waals surface area contributed by atoms with Gasteiger partial charge in [-0.25, -0.2) is 0 Å². The summed E-state index contributed by atoms with van der Waals surface area (Å²) in [5.74, 6) is 1.64. The van der Waals surface area contributed by atoms with Crippen LogP contribution in [-0.2, 0) is 13.0 Å². The number of hydrogen-bond acceptors (Lipinski definition) is 3. The number of aliphatic imine (C=N–C) groups is 1. The maximum Gasteiger partial charge on any atom is 0.191 e. The van der Waals surface area contributed by atoms with Gasteiger partial charge in [-0.05, 0) is 50.9 Å². The molecule has 2 N–H and O–H groups in total. The van der Waals surface area contributed by atoms with Crippen molar-refractivity contribution in [2.45, 2.75) is 32.7 Å². The number of aryl methyl sites for hydroxylation is 1. The molecule has 4 nitrogen and oxygen atoms in total. The molecule has 1 aliphatic rings. The van der Waals surface area contributed by atoms with Crippen LogP contribution in [0.2, 0.25) is 0 Å². The van der Waals surface area contributed by atoms with Crippen LogP contribution >= 0.6 is 11.3 Å². The summed E-state index contributed by atoms with van der Waals surface area (Å²) >= 11 is 1.88. The Bertz CT molecular complexity index is 455. The molecule has 1 aromatic rings. The standard InChI is InChI=1S/C16H28N4S/c1-4-14-7-8-15(21-14)11-19-16(17-2)18-10-13-6-5-9-20(3)12-13/h7-8,13H,4-6,9-12H2,1-3H3,(H2,17,18,19). The second kappa shape index (κ2) is 8.39. The summed E-state index contributed by atoms with van der Waals surface area (Å²) in [5.41, 5.74) is 0. The van der Waals surface area contributed by atoms with E-state index in [-0.39, 0.29) is 0 Å². The van der Waals surface area contributed by atoms with Crippen LogP contribution in [-0.4, -0.2) is 44.6 Å². The molecule has 0 aliphatic carbocycles. The lowest BCUT2D eigenvalue weighted by atomic mass is 9.99. The zero-order chi connectivity index (χ0) is 15.1. The average molecular weight is 308 g/mol. The van der Waals surface area contributed by atoms with Crippen LogP contribution in [0.3, 0.4) is 0 Å². The Kier molecular flexibility index (Phi) is 6.51. The van der Waals surface area contributed by atoms with Gasteiger partial charge in [0, 0.05) is 29.9 Å². The fourth-order valence-electron chi connectivity index (χ4n) is 2.78. The highest BCUT2D eigenvalue weighted by Gasteiger charge is 2.17. The molecule has 1 unspecified atom stereocenters. The summed E-state index contributed by atoms with van der Waals surface area (Å²) in [6.45, 7) is 6.49. The molecule has 0 aromatic carbocycles. The molecular formula is C16H28N4S. The molecule has 21 heavy (non-hydrogen) atoms. The van der Waals surface area contributed by atoms with Crippen LogP contribution in [0.25, 0.3) is 0 Å². The molecule has 0 bridgehead atoms. The van der Waals surface area contributed by atoms with Crippen molar-refractivity contribution in [3.8, 4) is 0 Å². The van der Waals surface area contributed by atoms with E-state index in [9.17, 15) is 0 Å². The molecule has 0 radical (unpaired) electrons. The molecule has 2 rings (SSSR count). The fraction of sp³-hybridized carbons (Fsp3) is 0.688. The summed E-state index contributed by atoms with van der Waals surface area (Å²) in [6.07, 6.45) is 3.75. The Morgan fingerprint density at radius 1 is 1.38 bits per heavy atom. The van der Waals surface area contributed by atoms with Gasteiger partial charge in [-0.1, -0.05) is 6.92 Å². The van der Waals surface area contributed by atoms with Gasteiger partial charge < -0.3 is 15.5 Å². The van der Waals surface area contributed by atoms with Gasteiger partial charge in [-0.2, -0.15) is 0 Å². The van der Waals surface area contributed by atoms with Crippen molar-refractivity contribution in [3.63, 3.8) is 0 Å². The van der Waals surface area contributed by atoms with Crippen molar-refractivity contribution in [1.29, 1.82) is 0 Å². The van der Waals surface area contributed by atoms with Crippen LogP contribution in [0.5, 0.6) is 0 Å². The van der Waals surface area contributed by atoms with E-state index >= 15 is 0 Å². The maximum atomic E-state index is 4.32. The lowest BCUT2D eigenvalue weighted by Crippen LogP contribution is -2.43. The van der Waals surface area contributed by atoms with Crippen molar-refractivity contribution in [2.24, 2.45) is 10.9 Å². The SMILES string of the molecule is CCc1ccc(CNC(=NC)NCC2CCCN(C)C2)s1. The van der Waals surface area contributed by atoms with E-state index in [1.807, 2.05) is 18.4 Å². The molecule has 118 valence electrons. The van der Waals surface area contributed by atoms with Crippen LogP contribution in [0.1, 0.15) is 29.5 Å². The van der Waals surface area contributed by atoms with E-state index in [2.05, 4.69) is 46.6 Å². The Morgan fingerprint density at radius 2 is 2.19 bits per heavy atom. The molecule has 1 aliphatic heterocycles. The maximum absolute atomic E-state index is 4.32. The van der Waals surface area contributed by atoms with Crippen LogP contribution in [0.15, 0.2) is 17.1 Å². The number of piperidine rings is 1. The Balaban J connectivity index is 1.73. The molecule has 1 fully saturated rings. The molecule has 0 amide bonds. The van der Waals surface area contributed by atoms with Crippen molar-refractivity contribution in [1.82, 2.24) is 15.5 Å². The van der Waals surface area contributed by atoms with Crippen molar-refractivity contribution in [3.05, 3.63) is 21.9 Å². The third-order valence-electron chi connectivity index (χ3n) is 4.00. The number of likely N-dealkylation sites (tertiary alicyclic amines) is 1. The van der Waals surface area contributed by atoms with Gasteiger partial charge in [-0.3, -0.25) is 4.99 Å². The van der Waals surface area contributed by atoms with Gasteiger partial charge in [0.15, 0.2) is 5.96 Å². The van der Waals surface area contributed by atoms with Gasteiger partial charge in [0.05, 0.1) is 6.54 Å². The molecule has 1 aromatic heterocycles. The van der Waals surface area contributed by atoms with E-state index in [1.54, 1.807) is 0 Å². The van der Waals surface area contributed by atoms with Gasteiger partial charge in [0.2, 0.25) is 0 Å². The fourth-order valence-corrected chi connectivity index (χ4v) is 3.68. The van der Waals surface area contributed by atoms with Crippen molar-refractivity contribution >= 4 is 17.3 Å². The average Bonchev–Trinajstić information content (AvgIpc) is 2.95. The smallest absolute Gasteiger partial charge is 0.191 e. The summed E-state index contributed by atoms with van der Waals surface area (Å²) in [6, 6.07) is 4.43. The number of nitrogens with one attached hydrogen (secondary N) is 2. The minimum atomic E-state index is 0.732. The summed E-state index contributed by atoms with van der Waals surface area (Å²) < 4.78 is 0. The molecule has 0 spiro atoms. The number of guanidine groups is 1. The molecule has 2 heterocycles. The minimum absolute atomic E-state index is 0.732. The van der Waals surface area contributed by atoms with Gasteiger partial charge >= 0.3 is 0 Å². The van der Waals surface area contributed by atoms with Crippen molar-refractivity contribution in [2.75, 3.05) is 33.7 Å². The highest BCUT2D eigenvalue weighted by molar-refractivity contribution is 7.11. The Labute approximate surface area is 132 Å². The monoisotopic (exact) mass is 308 g/mol. The molecular weight excluding hydrogens is 280 g/mol. The topological polar surface area (TPSA) is 39.7 Å². The number of rotatable bonds is 5. The minimum Gasteiger partial charge on any atom is -0.356 e. The molecule has 1 atom stereocenters. The van der Waals surface area contributed by atoms with E-state index in [0.29, 0.717) is 0 Å². The van der Waals surface area contributed by atoms with Gasteiger partial charge in [-0.15, -0.1) is 11.3 Å². The number of thiophene rings is 1. The Morgan fingerprint density at radius 3 is 2.86 bits per heavy atom. The third kappa shape index (κ3) is 5.32. The van der Waals surface area contributed by atoms with Crippen molar-refractivity contribution < 1.29 is 0 Å². The van der Waals surface area contributed by atoms with Gasteiger partial charge in [0.1, 0.15) is 0 Å². The Hall–Kier alpha value is -1.07. The lowest BCUT2D eigenvalue weighted by molar-refractivity contribution is 0.210. The van der Waals surface area contributed by atoms with Crippen LogP contribution < -0.4 is 10.6 Å². The summed E-state index contributed by atoms with van der Waals surface area (Å²) in [7, 11) is 4.05. The van der Waals surface area contributed by atoms with E-state index in [0.717, 1.165) is 31.4 Å².